The Morgan fingerprint density at radius 2 is 2.13 bits per heavy atom. The van der Waals surface area contributed by atoms with Crippen LogP contribution in [0.5, 0.6) is 0 Å². The Kier molecular flexibility index (Phi) is 5.26. The number of aliphatic hydroxyl groups is 1. The summed E-state index contributed by atoms with van der Waals surface area (Å²) in [6.07, 6.45) is -0.0844. The fourth-order valence-corrected chi connectivity index (χ4v) is 2.62. The Morgan fingerprint density at radius 1 is 1.43 bits per heavy atom. The number of pyridine rings is 1. The van der Waals surface area contributed by atoms with Gasteiger partial charge in [0.25, 0.3) is 0 Å². The number of ether oxygens (including phenoxy) is 1. The number of nitrogens with zero attached hydrogens (tertiary/aromatic N) is 2. The number of hydrogen-bond acceptors (Lipinski definition) is 5. The van der Waals surface area contributed by atoms with E-state index >= 15 is 0 Å². The largest absolute Gasteiger partial charge is 0.443 e. The lowest BCUT2D eigenvalue weighted by atomic mass is 9.99. The van der Waals surface area contributed by atoms with Crippen molar-refractivity contribution in [3.8, 4) is 0 Å². The number of carbonyl (C=O) groups is 1. The van der Waals surface area contributed by atoms with Gasteiger partial charge in [0, 0.05) is 31.7 Å². The van der Waals surface area contributed by atoms with E-state index in [9.17, 15) is 9.90 Å². The highest BCUT2D eigenvalue weighted by Gasteiger charge is 2.26. The second-order valence-corrected chi connectivity index (χ2v) is 7.22. The highest BCUT2D eigenvalue weighted by Crippen LogP contribution is 2.20. The number of aliphatic hydroxyl groups excluding tert-OH is 1. The molecule has 1 aliphatic rings. The van der Waals surface area contributed by atoms with Crippen molar-refractivity contribution in [3.63, 3.8) is 0 Å². The van der Waals surface area contributed by atoms with Gasteiger partial charge < -0.3 is 15.2 Å². The summed E-state index contributed by atoms with van der Waals surface area (Å²) in [5.74, 6) is 0.721. The first kappa shape index (κ1) is 17.7. The van der Waals surface area contributed by atoms with Crippen molar-refractivity contribution in [2.24, 2.45) is 5.92 Å². The molecule has 2 atom stereocenters. The van der Waals surface area contributed by atoms with Gasteiger partial charge in [0.05, 0.1) is 6.10 Å². The first-order chi connectivity index (χ1) is 10.7. The molecule has 1 aromatic heterocycles. The van der Waals surface area contributed by atoms with Crippen LogP contribution in [0.4, 0.5) is 10.6 Å². The molecule has 2 rings (SSSR count). The Bertz CT molecular complexity index is 569. The maximum Gasteiger partial charge on any atom is 0.415 e. The van der Waals surface area contributed by atoms with Crippen LogP contribution in [0, 0.1) is 12.8 Å². The standard InChI is InChI=1S/C17H27N3O3/c1-11-6-13(8-12-9-18-10-14(12)21)19-15(7-11)20(5)16(22)23-17(2,3)4/h6-7,12,14,18,21H,8-10H2,1-5H3/t12-,14-/m0/s1. The van der Waals surface area contributed by atoms with Gasteiger partial charge in [0.2, 0.25) is 0 Å². The molecule has 0 aliphatic carbocycles. The first-order valence-electron chi connectivity index (χ1n) is 7.99. The van der Waals surface area contributed by atoms with Crippen LogP contribution in [0.2, 0.25) is 0 Å². The maximum absolute atomic E-state index is 12.2. The van der Waals surface area contributed by atoms with E-state index in [0.717, 1.165) is 17.8 Å². The average molecular weight is 321 g/mol. The molecule has 1 fully saturated rings. The van der Waals surface area contributed by atoms with Crippen molar-refractivity contribution < 1.29 is 14.6 Å². The smallest absolute Gasteiger partial charge is 0.415 e. The van der Waals surface area contributed by atoms with Crippen molar-refractivity contribution in [1.29, 1.82) is 0 Å². The van der Waals surface area contributed by atoms with Gasteiger partial charge in [-0.05, 0) is 51.8 Å². The predicted octanol–water partition coefficient (Wildman–Crippen LogP) is 1.88. The summed E-state index contributed by atoms with van der Waals surface area (Å²) in [6.45, 7) is 8.89. The van der Waals surface area contributed by atoms with Crippen molar-refractivity contribution in [1.82, 2.24) is 10.3 Å². The molecule has 1 aromatic rings. The summed E-state index contributed by atoms with van der Waals surface area (Å²) >= 11 is 0. The van der Waals surface area contributed by atoms with Crippen LogP contribution in [-0.4, -0.2) is 48.0 Å². The van der Waals surface area contributed by atoms with Crippen molar-refractivity contribution >= 4 is 11.9 Å². The molecule has 0 aromatic carbocycles. The van der Waals surface area contributed by atoms with Crippen molar-refractivity contribution in [3.05, 3.63) is 23.4 Å². The maximum atomic E-state index is 12.2. The van der Waals surface area contributed by atoms with Gasteiger partial charge in [-0.3, -0.25) is 4.90 Å². The van der Waals surface area contributed by atoms with E-state index in [1.807, 2.05) is 39.8 Å². The Balaban J connectivity index is 2.14. The lowest BCUT2D eigenvalue weighted by Crippen LogP contribution is -2.34. The predicted molar refractivity (Wildman–Crippen MR) is 89.7 cm³/mol. The summed E-state index contributed by atoms with van der Waals surface area (Å²) in [7, 11) is 1.66. The van der Waals surface area contributed by atoms with Gasteiger partial charge in [0.15, 0.2) is 0 Å². The van der Waals surface area contributed by atoms with Crippen molar-refractivity contribution in [2.75, 3.05) is 25.0 Å². The van der Waals surface area contributed by atoms with E-state index in [1.165, 1.54) is 4.90 Å². The summed E-state index contributed by atoms with van der Waals surface area (Å²) in [6, 6.07) is 3.86. The fourth-order valence-electron chi connectivity index (χ4n) is 2.62. The fraction of sp³-hybridized carbons (Fsp3) is 0.647. The van der Waals surface area contributed by atoms with Crippen LogP contribution in [-0.2, 0) is 11.2 Å². The van der Waals surface area contributed by atoms with E-state index in [0.29, 0.717) is 18.8 Å². The normalized spacial score (nSPS) is 21.3. The lowest BCUT2D eigenvalue weighted by molar-refractivity contribution is 0.0588. The summed E-state index contributed by atoms with van der Waals surface area (Å²) in [5.41, 5.74) is 1.36. The van der Waals surface area contributed by atoms with Crippen LogP contribution in [0.25, 0.3) is 0 Å². The molecule has 23 heavy (non-hydrogen) atoms. The number of β-amino-alcohol motifs (C(OH)–C–C–N with tert-alkyl or cyclic N) is 1. The number of nitrogens with one attached hydrogen (secondary N) is 1. The molecule has 0 unspecified atom stereocenters. The molecule has 2 N–H and O–H groups in total. The van der Waals surface area contributed by atoms with E-state index in [-0.39, 0.29) is 12.0 Å². The molecule has 1 saturated heterocycles. The minimum atomic E-state index is -0.544. The minimum absolute atomic E-state index is 0.156. The van der Waals surface area contributed by atoms with Crippen LogP contribution in [0.15, 0.2) is 12.1 Å². The third-order valence-corrected chi connectivity index (χ3v) is 3.80. The van der Waals surface area contributed by atoms with E-state index in [1.54, 1.807) is 7.05 Å². The molecule has 128 valence electrons. The zero-order chi connectivity index (χ0) is 17.2. The zero-order valence-electron chi connectivity index (χ0n) is 14.6. The highest BCUT2D eigenvalue weighted by molar-refractivity contribution is 5.86. The average Bonchev–Trinajstić information content (AvgIpc) is 2.81. The monoisotopic (exact) mass is 321 g/mol. The van der Waals surface area contributed by atoms with Gasteiger partial charge >= 0.3 is 6.09 Å². The zero-order valence-corrected chi connectivity index (χ0v) is 14.6. The molecule has 0 bridgehead atoms. The molecule has 1 aliphatic heterocycles. The van der Waals surface area contributed by atoms with E-state index in [4.69, 9.17) is 4.74 Å². The molecule has 6 heteroatoms. The topological polar surface area (TPSA) is 74.7 Å². The molecule has 0 saturated carbocycles. The van der Waals surface area contributed by atoms with Crippen LogP contribution in [0.1, 0.15) is 32.0 Å². The number of anilines is 1. The van der Waals surface area contributed by atoms with Gasteiger partial charge in [-0.15, -0.1) is 0 Å². The molecular weight excluding hydrogens is 294 g/mol. The summed E-state index contributed by atoms with van der Waals surface area (Å²) in [4.78, 5) is 18.2. The van der Waals surface area contributed by atoms with Gasteiger partial charge in [-0.2, -0.15) is 0 Å². The van der Waals surface area contributed by atoms with Crippen LogP contribution < -0.4 is 10.2 Å². The Morgan fingerprint density at radius 3 is 2.70 bits per heavy atom. The van der Waals surface area contributed by atoms with Gasteiger partial charge in [-0.1, -0.05) is 0 Å². The number of aryl methyl sites for hydroxylation is 1. The number of rotatable bonds is 3. The highest BCUT2D eigenvalue weighted by atomic mass is 16.6. The number of carbonyl (C=O) groups excluding carboxylic acids is 1. The van der Waals surface area contributed by atoms with Crippen LogP contribution in [0.3, 0.4) is 0 Å². The van der Waals surface area contributed by atoms with Crippen molar-refractivity contribution in [2.45, 2.75) is 45.8 Å². The molecule has 2 heterocycles. The lowest BCUT2D eigenvalue weighted by Gasteiger charge is -2.24. The second-order valence-electron chi connectivity index (χ2n) is 7.22. The molecule has 0 radical (unpaired) electrons. The summed E-state index contributed by atoms with van der Waals surface area (Å²) in [5, 5.41) is 13.1. The van der Waals surface area contributed by atoms with Gasteiger partial charge in [0.1, 0.15) is 11.4 Å². The Labute approximate surface area is 137 Å². The molecule has 1 amide bonds. The quantitative estimate of drug-likeness (QED) is 0.889. The third-order valence-electron chi connectivity index (χ3n) is 3.80. The third kappa shape index (κ3) is 4.91. The van der Waals surface area contributed by atoms with E-state index < -0.39 is 11.7 Å². The molecule has 0 spiro atoms. The first-order valence-corrected chi connectivity index (χ1v) is 7.99. The second kappa shape index (κ2) is 6.84. The SMILES string of the molecule is Cc1cc(C[C@H]2CNC[C@@H]2O)nc(N(C)C(=O)OC(C)(C)C)c1. The van der Waals surface area contributed by atoms with Crippen LogP contribution >= 0.6 is 0 Å². The number of aromatic nitrogens is 1. The Hall–Kier alpha value is -1.66. The number of hydrogen-bond donors (Lipinski definition) is 2. The molecule has 6 nitrogen and oxygen atoms in total. The molecular formula is C17H27N3O3. The summed E-state index contributed by atoms with van der Waals surface area (Å²) < 4.78 is 5.38. The number of amides is 1. The van der Waals surface area contributed by atoms with E-state index in [2.05, 4.69) is 10.3 Å². The van der Waals surface area contributed by atoms with Gasteiger partial charge in [-0.25, -0.2) is 9.78 Å². The minimum Gasteiger partial charge on any atom is -0.443 e.